The number of hydrogen-bond donors (Lipinski definition) is 2. The van der Waals surface area contributed by atoms with Gasteiger partial charge in [-0.15, -0.1) is 6.58 Å². The Morgan fingerprint density at radius 2 is 1.78 bits per heavy atom. The number of carbonyl (C=O) groups excluding carboxylic acids is 2. The molecule has 0 unspecified atom stereocenters. The summed E-state index contributed by atoms with van der Waals surface area (Å²) in [5.74, 6) is -0.112. The van der Waals surface area contributed by atoms with Crippen LogP contribution in [0.1, 0.15) is 23.1 Å². The van der Waals surface area contributed by atoms with Crippen molar-refractivity contribution in [3.05, 3.63) is 77.9 Å². The molecule has 0 heterocycles. The van der Waals surface area contributed by atoms with Gasteiger partial charge in [0.25, 0.3) is 0 Å². The van der Waals surface area contributed by atoms with E-state index < -0.39 is 5.91 Å². The molecule has 2 amide bonds. The van der Waals surface area contributed by atoms with Gasteiger partial charge in [0.05, 0.1) is 6.21 Å². The normalized spacial score (nSPS) is 10.4. The zero-order valence-corrected chi connectivity index (χ0v) is 15.3. The average Bonchev–Trinajstić information content (AvgIpc) is 2.67. The smallest absolute Gasteiger partial charge is 0.249 e. The van der Waals surface area contributed by atoms with E-state index in [1.165, 1.54) is 11.8 Å². The Labute approximate surface area is 158 Å². The second-order valence-corrected chi connectivity index (χ2v) is 5.91. The molecule has 0 aliphatic rings. The van der Waals surface area contributed by atoms with Crippen LogP contribution in [0.5, 0.6) is 5.75 Å². The maximum Gasteiger partial charge on any atom is 0.249 e. The molecule has 0 atom stereocenters. The molecule has 2 aromatic carbocycles. The predicted octanol–water partition coefficient (Wildman–Crippen LogP) is 2.72. The van der Waals surface area contributed by atoms with Crippen molar-refractivity contribution in [2.24, 2.45) is 5.10 Å². The summed E-state index contributed by atoms with van der Waals surface area (Å²) in [6.07, 6.45) is 2.77. The first-order valence-electron chi connectivity index (χ1n) is 8.54. The van der Waals surface area contributed by atoms with Crippen molar-refractivity contribution in [2.45, 2.75) is 20.0 Å². The maximum atomic E-state index is 11.6. The van der Waals surface area contributed by atoms with Crippen LogP contribution >= 0.6 is 0 Å². The first kappa shape index (κ1) is 19.9. The SMILES string of the molecule is C=CCNC(=O)CC(=O)N/N=C/c1ccc(OCc2ccc(C)cc2)cc1. The number of amides is 2. The van der Waals surface area contributed by atoms with Crippen molar-refractivity contribution < 1.29 is 14.3 Å². The summed E-state index contributed by atoms with van der Waals surface area (Å²) < 4.78 is 5.74. The fourth-order valence-corrected chi connectivity index (χ4v) is 2.11. The zero-order chi connectivity index (χ0) is 19.5. The summed E-state index contributed by atoms with van der Waals surface area (Å²) in [7, 11) is 0. The molecular formula is C21H23N3O3. The van der Waals surface area contributed by atoms with Gasteiger partial charge in [0.1, 0.15) is 18.8 Å². The van der Waals surface area contributed by atoms with E-state index >= 15 is 0 Å². The Morgan fingerprint density at radius 3 is 2.44 bits per heavy atom. The Kier molecular flexibility index (Phi) is 7.78. The number of nitrogens with one attached hydrogen (secondary N) is 2. The molecule has 0 aliphatic carbocycles. The molecule has 0 aromatic heterocycles. The van der Waals surface area contributed by atoms with Crippen LogP contribution in [0.2, 0.25) is 0 Å². The van der Waals surface area contributed by atoms with Crippen LogP contribution in [-0.4, -0.2) is 24.6 Å². The van der Waals surface area contributed by atoms with Crippen LogP contribution in [0.4, 0.5) is 0 Å². The van der Waals surface area contributed by atoms with E-state index in [-0.39, 0.29) is 12.3 Å². The van der Waals surface area contributed by atoms with Gasteiger partial charge >= 0.3 is 0 Å². The first-order valence-corrected chi connectivity index (χ1v) is 8.54. The lowest BCUT2D eigenvalue weighted by atomic mass is 10.2. The van der Waals surface area contributed by atoms with E-state index in [0.29, 0.717) is 13.2 Å². The molecule has 27 heavy (non-hydrogen) atoms. The van der Waals surface area contributed by atoms with Crippen molar-refractivity contribution >= 4 is 18.0 Å². The molecule has 0 saturated carbocycles. The number of aryl methyl sites for hydroxylation is 1. The molecule has 2 aromatic rings. The topological polar surface area (TPSA) is 79.8 Å². The van der Waals surface area contributed by atoms with E-state index in [1.54, 1.807) is 6.08 Å². The fourth-order valence-electron chi connectivity index (χ4n) is 2.11. The number of hydrogen-bond acceptors (Lipinski definition) is 4. The summed E-state index contributed by atoms with van der Waals surface area (Å²) in [6.45, 7) is 6.35. The number of hydrazone groups is 1. The molecule has 2 rings (SSSR count). The maximum absolute atomic E-state index is 11.6. The summed E-state index contributed by atoms with van der Waals surface area (Å²) in [6, 6.07) is 15.5. The summed E-state index contributed by atoms with van der Waals surface area (Å²) in [5, 5.41) is 6.36. The lowest BCUT2D eigenvalue weighted by molar-refractivity contribution is -0.129. The van der Waals surface area contributed by atoms with Crippen molar-refractivity contribution in [2.75, 3.05) is 6.54 Å². The molecule has 6 nitrogen and oxygen atoms in total. The molecule has 0 saturated heterocycles. The highest BCUT2D eigenvalue weighted by molar-refractivity contribution is 5.97. The Hall–Kier alpha value is -3.41. The second-order valence-electron chi connectivity index (χ2n) is 5.91. The highest BCUT2D eigenvalue weighted by Crippen LogP contribution is 2.14. The monoisotopic (exact) mass is 365 g/mol. The van der Waals surface area contributed by atoms with Crippen molar-refractivity contribution in [1.82, 2.24) is 10.7 Å². The number of benzene rings is 2. The summed E-state index contributed by atoms with van der Waals surface area (Å²) in [4.78, 5) is 22.9. The molecule has 0 aliphatic heterocycles. The molecule has 140 valence electrons. The van der Waals surface area contributed by atoms with Gasteiger partial charge in [0.2, 0.25) is 11.8 Å². The van der Waals surface area contributed by atoms with Crippen LogP contribution in [-0.2, 0) is 16.2 Å². The van der Waals surface area contributed by atoms with Gasteiger partial charge in [0.15, 0.2) is 0 Å². The van der Waals surface area contributed by atoms with Gasteiger partial charge < -0.3 is 10.1 Å². The van der Waals surface area contributed by atoms with Crippen LogP contribution in [0, 0.1) is 6.92 Å². The van der Waals surface area contributed by atoms with Crippen molar-refractivity contribution in [3.63, 3.8) is 0 Å². The Morgan fingerprint density at radius 1 is 1.07 bits per heavy atom. The van der Waals surface area contributed by atoms with Gasteiger partial charge in [0, 0.05) is 6.54 Å². The fraction of sp³-hybridized carbons (Fsp3) is 0.190. The van der Waals surface area contributed by atoms with Crippen LogP contribution in [0.3, 0.4) is 0 Å². The Bertz CT molecular complexity index is 796. The minimum atomic E-state index is -0.481. The lowest BCUT2D eigenvalue weighted by Gasteiger charge is -2.07. The van der Waals surface area contributed by atoms with E-state index in [2.05, 4.69) is 34.6 Å². The first-order chi connectivity index (χ1) is 13.1. The molecule has 0 bridgehead atoms. The number of nitrogens with zero attached hydrogens (tertiary/aromatic N) is 1. The van der Waals surface area contributed by atoms with Crippen molar-refractivity contribution in [1.29, 1.82) is 0 Å². The van der Waals surface area contributed by atoms with E-state index in [0.717, 1.165) is 16.9 Å². The quantitative estimate of drug-likeness (QED) is 0.310. The Balaban J connectivity index is 1.76. The van der Waals surface area contributed by atoms with Crippen molar-refractivity contribution in [3.8, 4) is 5.75 Å². The number of carbonyl (C=O) groups is 2. The zero-order valence-electron chi connectivity index (χ0n) is 15.3. The van der Waals surface area contributed by atoms with Gasteiger partial charge in [-0.2, -0.15) is 5.10 Å². The van der Waals surface area contributed by atoms with Gasteiger partial charge in [-0.1, -0.05) is 35.9 Å². The standard InChI is InChI=1S/C21H23N3O3/c1-3-12-22-20(25)13-21(26)24-23-14-17-8-10-19(11-9-17)27-15-18-6-4-16(2)5-7-18/h3-11,14H,1,12-13,15H2,2H3,(H,22,25)(H,24,26)/b23-14+. The minimum absolute atomic E-state index is 0.281. The van der Waals surface area contributed by atoms with Gasteiger partial charge in [-0.25, -0.2) is 5.43 Å². The molecule has 6 heteroatoms. The van der Waals surface area contributed by atoms with E-state index in [9.17, 15) is 9.59 Å². The predicted molar refractivity (Wildman–Crippen MR) is 106 cm³/mol. The molecule has 0 spiro atoms. The summed E-state index contributed by atoms with van der Waals surface area (Å²) in [5.41, 5.74) is 5.43. The second kappa shape index (κ2) is 10.6. The minimum Gasteiger partial charge on any atom is -0.489 e. The summed E-state index contributed by atoms with van der Waals surface area (Å²) >= 11 is 0. The van der Waals surface area contributed by atoms with Crippen LogP contribution in [0.25, 0.3) is 0 Å². The molecular weight excluding hydrogens is 342 g/mol. The van der Waals surface area contributed by atoms with Gasteiger partial charge in [-0.3, -0.25) is 9.59 Å². The largest absolute Gasteiger partial charge is 0.489 e. The van der Waals surface area contributed by atoms with Crippen LogP contribution in [0.15, 0.2) is 66.3 Å². The third kappa shape index (κ3) is 7.56. The highest BCUT2D eigenvalue weighted by Gasteiger charge is 2.06. The molecule has 2 N–H and O–H groups in total. The number of rotatable bonds is 9. The van der Waals surface area contributed by atoms with E-state index in [4.69, 9.17) is 4.74 Å². The van der Waals surface area contributed by atoms with Gasteiger partial charge in [-0.05, 0) is 42.3 Å². The van der Waals surface area contributed by atoms with Crippen LogP contribution < -0.4 is 15.5 Å². The lowest BCUT2D eigenvalue weighted by Crippen LogP contribution is -2.29. The van der Waals surface area contributed by atoms with E-state index in [1.807, 2.05) is 43.3 Å². The third-order valence-electron chi connectivity index (χ3n) is 3.57. The number of ether oxygens (including phenoxy) is 1. The average molecular weight is 365 g/mol. The molecule has 0 fully saturated rings. The third-order valence-corrected chi connectivity index (χ3v) is 3.57. The highest BCUT2D eigenvalue weighted by atomic mass is 16.5. The molecule has 0 radical (unpaired) electrons.